The van der Waals surface area contributed by atoms with E-state index < -0.39 is 60.1 Å². The number of hydrogen-bond acceptors (Lipinski definition) is 14. The molecule has 0 radical (unpaired) electrons. The smallest absolute Gasteiger partial charge is 0.459 e. The minimum Gasteiger partial charge on any atom is -0.459 e. The van der Waals surface area contributed by atoms with Crippen LogP contribution in [0.1, 0.15) is 34.1 Å². The molecule has 40 heavy (non-hydrogen) atoms. The van der Waals surface area contributed by atoms with Crippen molar-refractivity contribution in [2.75, 3.05) is 46.2 Å². The molecule has 2 aliphatic heterocycles. The zero-order chi connectivity index (χ0) is 29.8. The van der Waals surface area contributed by atoms with E-state index in [9.17, 15) is 19.2 Å². The molecular weight excluding hydrogens is 536 g/mol. The van der Waals surface area contributed by atoms with E-state index in [-0.39, 0.29) is 52.7 Å². The quantitative estimate of drug-likeness (QED) is 0.121. The number of carbonyl (C=O) groups is 4. The third-order valence-electron chi connectivity index (χ3n) is 5.65. The molecule has 2 heterocycles. The molecule has 2 aliphatic rings. The van der Waals surface area contributed by atoms with Gasteiger partial charge in [0.25, 0.3) is 0 Å². The topological polar surface area (TPSA) is 161 Å². The molecule has 4 unspecified atom stereocenters. The molecule has 0 aromatic heterocycles. The lowest BCUT2D eigenvalue weighted by atomic mass is 10.1. The van der Waals surface area contributed by atoms with Crippen LogP contribution < -0.4 is 0 Å². The molecule has 2 rings (SSSR count). The van der Waals surface area contributed by atoms with Crippen LogP contribution in [0.4, 0.5) is 14.4 Å². The molecule has 0 amide bonds. The van der Waals surface area contributed by atoms with Gasteiger partial charge in [0.2, 0.25) is 0 Å². The summed E-state index contributed by atoms with van der Waals surface area (Å²) >= 11 is 0. The standard InChI is InChI=1S/C26H38O14/c1-7-10-31-21(27)26(5,6)37-12-9-25(3,4)40-24(30)39-18-16-36-19-17(15-35-20(18)19)38-23(29)34-14-13-33-22(28)32-11-8-2/h7-8,17-20H,1-2,9-16H2,3-6H3. The van der Waals surface area contributed by atoms with Gasteiger partial charge in [-0.15, -0.1) is 0 Å². The summed E-state index contributed by atoms with van der Waals surface area (Å²) in [5.41, 5.74) is -2.16. The fourth-order valence-electron chi connectivity index (χ4n) is 3.55. The molecule has 0 aromatic carbocycles. The van der Waals surface area contributed by atoms with Crippen LogP contribution in [0.15, 0.2) is 25.3 Å². The van der Waals surface area contributed by atoms with Crippen LogP contribution in [0.3, 0.4) is 0 Å². The zero-order valence-electron chi connectivity index (χ0n) is 23.3. The van der Waals surface area contributed by atoms with Crippen molar-refractivity contribution in [1.82, 2.24) is 0 Å². The predicted molar refractivity (Wildman–Crippen MR) is 134 cm³/mol. The fraction of sp³-hybridized carbons (Fsp3) is 0.692. The Kier molecular flexibility index (Phi) is 12.7. The normalized spacial score (nSPS) is 21.9. The van der Waals surface area contributed by atoms with E-state index in [4.69, 9.17) is 42.6 Å². The highest BCUT2D eigenvalue weighted by Gasteiger charge is 2.51. The van der Waals surface area contributed by atoms with Gasteiger partial charge in [-0.05, 0) is 27.7 Å². The highest BCUT2D eigenvalue weighted by molar-refractivity contribution is 5.78. The Hall–Kier alpha value is -3.36. The Bertz CT molecular complexity index is 898. The summed E-state index contributed by atoms with van der Waals surface area (Å²) in [6.45, 7) is 13.1. The first kappa shape index (κ1) is 32.8. The highest BCUT2D eigenvalue weighted by atomic mass is 16.8. The summed E-state index contributed by atoms with van der Waals surface area (Å²) in [7, 11) is 0. The molecule has 2 fully saturated rings. The maximum Gasteiger partial charge on any atom is 0.509 e. The van der Waals surface area contributed by atoms with Crippen molar-refractivity contribution >= 4 is 24.4 Å². The Balaban J connectivity index is 1.70. The highest BCUT2D eigenvalue weighted by Crippen LogP contribution is 2.31. The van der Waals surface area contributed by atoms with E-state index in [0.717, 1.165) is 0 Å². The number of fused-ring (bicyclic) bond motifs is 1. The molecule has 0 saturated carbocycles. The second-order valence-corrected chi connectivity index (χ2v) is 9.81. The Labute approximate surface area is 232 Å². The van der Waals surface area contributed by atoms with Gasteiger partial charge in [-0.2, -0.15) is 0 Å². The average molecular weight is 575 g/mol. The number of ether oxygens (including phenoxy) is 10. The molecular formula is C26H38O14. The van der Waals surface area contributed by atoms with Gasteiger partial charge in [-0.1, -0.05) is 25.3 Å². The molecule has 0 aliphatic carbocycles. The summed E-state index contributed by atoms with van der Waals surface area (Å²) in [4.78, 5) is 47.7. The van der Waals surface area contributed by atoms with Crippen molar-refractivity contribution in [3.05, 3.63) is 25.3 Å². The number of rotatable bonds is 15. The predicted octanol–water partition coefficient (Wildman–Crippen LogP) is 2.86. The molecule has 0 N–H and O–H groups in total. The van der Waals surface area contributed by atoms with E-state index >= 15 is 0 Å². The van der Waals surface area contributed by atoms with E-state index in [1.807, 2.05) is 0 Å². The first-order chi connectivity index (χ1) is 18.9. The average Bonchev–Trinajstić information content (AvgIpc) is 3.46. The van der Waals surface area contributed by atoms with Crippen molar-refractivity contribution in [3.63, 3.8) is 0 Å². The molecule has 0 bridgehead atoms. The lowest BCUT2D eigenvalue weighted by Crippen LogP contribution is -2.40. The summed E-state index contributed by atoms with van der Waals surface area (Å²) in [5, 5.41) is 0. The summed E-state index contributed by atoms with van der Waals surface area (Å²) < 4.78 is 52.1. The SMILES string of the molecule is C=CCOC(=O)OCCOC(=O)OC1COC2C(OC(=O)OC(C)(C)CCOC(C)(C)C(=O)OCC=C)COC12. The van der Waals surface area contributed by atoms with Gasteiger partial charge in [0.05, 0.1) is 19.8 Å². The van der Waals surface area contributed by atoms with Crippen molar-refractivity contribution in [2.24, 2.45) is 0 Å². The molecule has 226 valence electrons. The maximum atomic E-state index is 12.5. The third-order valence-corrected chi connectivity index (χ3v) is 5.65. The van der Waals surface area contributed by atoms with Gasteiger partial charge in [-0.3, -0.25) is 0 Å². The molecule has 14 heteroatoms. The van der Waals surface area contributed by atoms with Gasteiger partial charge in [-0.25, -0.2) is 19.2 Å². The second kappa shape index (κ2) is 15.4. The van der Waals surface area contributed by atoms with Crippen LogP contribution >= 0.6 is 0 Å². The Morgan fingerprint density at radius 3 is 1.85 bits per heavy atom. The van der Waals surface area contributed by atoms with Crippen molar-refractivity contribution in [3.8, 4) is 0 Å². The summed E-state index contributed by atoms with van der Waals surface area (Å²) in [6.07, 6.45) is -2.71. The van der Waals surface area contributed by atoms with E-state index in [1.54, 1.807) is 27.7 Å². The van der Waals surface area contributed by atoms with Crippen LogP contribution in [0.25, 0.3) is 0 Å². The first-order valence-corrected chi connectivity index (χ1v) is 12.7. The fourth-order valence-corrected chi connectivity index (χ4v) is 3.55. The molecule has 2 saturated heterocycles. The zero-order valence-corrected chi connectivity index (χ0v) is 23.3. The minimum atomic E-state index is -1.19. The van der Waals surface area contributed by atoms with Crippen molar-refractivity contribution < 1.29 is 66.5 Å². The number of carbonyl (C=O) groups excluding carboxylic acids is 4. The first-order valence-electron chi connectivity index (χ1n) is 12.7. The Morgan fingerprint density at radius 1 is 0.750 bits per heavy atom. The van der Waals surface area contributed by atoms with Crippen molar-refractivity contribution in [2.45, 2.75) is 69.7 Å². The molecule has 0 spiro atoms. The summed E-state index contributed by atoms with van der Waals surface area (Å²) in [5.74, 6) is -0.538. The van der Waals surface area contributed by atoms with E-state index in [1.165, 1.54) is 12.2 Å². The molecule has 4 atom stereocenters. The lowest BCUT2D eigenvalue weighted by molar-refractivity contribution is -0.168. The summed E-state index contributed by atoms with van der Waals surface area (Å²) in [6, 6.07) is 0. The van der Waals surface area contributed by atoms with Crippen molar-refractivity contribution in [1.29, 1.82) is 0 Å². The van der Waals surface area contributed by atoms with Crippen LogP contribution in [0.5, 0.6) is 0 Å². The second-order valence-electron chi connectivity index (χ2n) is 9.81. The lowest BCUT2D eigenvalue weighted by Gasteiger charge is -2.28. The number of hydrogen-bond donors (Lipinski definition) is 0. The largest absolute Gasteiger partial charge is 0.509 e. The Morgan fingerprint density at radius 2 is 1.27 bits per heavy atom. The van der Waals surface area contributed by atoms with Crippen LogP contribution in [-0.4, -0.2) is 106 Å². The third kappa shape index (κ3) is 10.7. The maximum absolute atomic E-state index is 12.5. The van der Waals surface area contributed by atoms with Gasteiger partial charge in [0.15, 0.2) is 17.8 Å². The minimum absolute atomic E-state index is 0.00241. The van der Waals surface area contributed by atoms with Gasteiger partial charge >= 0.3 is 24.4 Å². The van der Waals surface area contributed by atoms with Gasteiger partial charge in [0, 0.05) is 6.42 Å². The van der Waals surface area contributed by atoms with E-state index in [0.29, 0.717) is 0 Å². The monoisotopic (exact) mass is 574 g/mol. The van der Waals surface area contributed by atoms with E-state index in [2.05, 4.69) is 17.9 Å². The van der Waals surface area contributed by atoms with Crippen LogP contribution in [0, 0.1) is 0 Å². The van der Waals surface area contributed by atoms with Gasteiger partial charge in [0.1, 0.15) is 44.2 Å². The number of esters is 1. The van der Waals surface area contributed by atoms with Crippen LogP contribution in [0.2, 0.25) is 0 Å². The van der Waals surface area contributed by atoms with Gasteiger partial charge < -0.3 is 47.4 Å². The van der Waals surface area contributed by atoms with Crippen LogP contribution in [-0.2, 0) is 52.2 Å². The molecule has 0 aromatic rings. The molecule has 14 nitrogen and oxygen atoms in total.